The maximum Gasteiger partial charge on any atom is 0.319 e. The molecule has 0 aliphatic carbocycles. The maximum atomic E-state index is 11.9. The molecule has 1 heterocycles. The first-order valence-corrected chi connectivity index (χ1v) is 7.13. The molecular weight excluding hydrogens is 272 g/mol. The molecule has 1 rings (SSSR count). The quantitative estimate of drug-likeness (QED) is 0.619. The van der Waals surface area contributed by atoms with Crippen LogP contribution < -0.4 is 10.6 Å². The van der Waals surface area contributed by atoms with Crippen LogP contribution in [0, 0.1) is 19.8 Å². The van der Waals surface area contributed by atoms with Crippen LogP contribution in [0.2, 0.25) is 0 Å². The van der Waals surface area contributed by atoms with E-state index < -0.39 is 5.97 Å². The number of aromatic amines is 1. The fourth-order valence-corrected chi connectivity index (χ4v) is 2.03. The van der Waals surface area contributed by atoms with Gasteiger partial charge in [0.25, 0.3) is 0 Å². The number of carbonyl (C=O) groups is 2. The second kappa shape index (κ2) is 7.66. The highest BCUT2D eigenvalue weighted by molar-refractivity contribution is 5.90. The van der Waals surface area contributed by atoms with Gasteiger partial charge in [0, 0.05) is 6.04 Å². The molecule has 0 bridgehead atoms. The van der Waals surface area contributed by atoms with Crippen molar-refractivity contribution in [1.82, 2.24) is 15.5 Å². The van der Waals surface area contributed by atoms with Crippen molar-refractivity contribution in [2.45, 2.75) is 53.0 Å². The Morgan fingerprint density at radius 3 is 2.48 bits per heavy atom. The standard InChI is InChI=1S/C14H24N4O3/c1-8(13(19)20)6-5-7-9(2)15-14(21)16-12-10(3)17-18-11(12)4/h8-9H,5-7H2,1-4H3,(H,17,18)(H,19,20)(H2,15,16,21). The van der Waals surface area contributed by atoms with Gasteiger partial charge in [-0.05, 0) is 33.6 Å². The lowest BCUT2D eigenvalue weighted by Crippen LogP contribution is -2.36. The molecule has 0 aliphatic heterocycles. The summed E-state index contributed by atoms with van der Waals surface area (Å²) in [5.41, 5.74) is 2.25. The number of urea groups is 1. The Bertz CT molecular complexity index is 479. The molecule has 0 saturated carbocycles. The molecule has 0 radical (unpaired) electrons. The number of nitrogens with one attached hydrogen (secondary N) is 3. The van der Waals surface area contributed by atoms with Crippen molar-refractivity contribution < 1.29 is 14.7 Å². The Balaban J connectivity index is 2.33. The number of carboxylic acids is 1. The first kappa shape index (κ1) is 17.0. The fraction of sp³-hybridized carbons (Fsp3) is 0.643. The number of aryl methyl sites for hydroxylation is 2. The van der Waals surface area contributed by atoms with Crippen LogP contribution in [0.3, 0.4) is 0 Å². The van der Waals surface area contributed by atoms with Crippen LogP contribution in [0.4, 0.5) is 10.5 Å². The summed E-state index contributed by atoms with van der Waals surface area (Å²) in [4.78, 5) is 22.6. The minimum atomic E-state index is -0.778. The Morgan fingerprint density at radius 1 is 1.29 bits per heavy atom. The van der Waals surface area contributed by atoms with Crippen molar-refractivity contribution >= 4 is 17.7 Å². The van der Waals surface area contributed by atoms with E-state index in [1.54, 1.807) is 6.92 Å². The first-order chi connectivity index (χ1) is 9.81. The van der Waals surface area contributed by atoms with Crippen LogP contribution in [-0.2, 0) is 4.79 Å². The third-order valence-corrected chi connectivity index (χ3v) is 3.44. The van der Waals surface area contributed by atoms with Crippen LogP contribution >= 0.6 is 0 Å². The molecule has 1 aromatic rings. The molecule has 4 N–H and O–H groups in total. The van der Waals surface area contributed by atoms with Gasteiger partial charge in [-0.15, -0.1) is 0 Å². The minimum absolute atomic E-state index is 0.0153. The molecular formula is C14H24N4O3. The first-order valence-electron chi connectivity index (χ1n) is 7.13. The van der Waals surface area contributed by atoms with Gasteiger partial charge in [-0.1, -0.05) is 13.3 Å². The second-order valence-corrected chi connectivity index (χ2v) is 5.48. The van der Waals surface area contributed by atoms with Crippen molar-refractivity contribution in [2.24, 2.45) is 5.92 Å². The van der Waals surface area contributed by atoms with Gasteiger partial charge in [0.1, 0.15) is 0 Å². The number of amides is 2. The summed E-state index contributed by atoms with van der Waals surface area (Å²) in [7, 11) is 0. The molecule has 2 atom stereocenters. The molecule has 21 heavy (non-hydrogen) atoms. The highest BCUT2D eigenvalue weighted by atomic mass is 16.4. The van der Waals surface area contributed by atoms with Crippen LogP contribution in [0.1, 0.15) is 44.5 Å². The summed E-state index contributed by atoms with van der Waals surface area (Å²) >= 11 is 0. The third-order valence-electron chi connectivity index (χ3n) is 3.44. The second-order valence-electron chi connectivity index (χ2n) is 5.48. The van der Waals surface area contributed by atoms with E-state index in [1.807, 2.05) is 20.8 Å². The van der Waals surface area contributed by atoms with Crippen molar-refractivity contribution in [3.63, 3.8) is 0 Å². The number of anilines is 1. The fourth-order valence-electron chi connectivity index (χ4n) is 2.03. The number of hydrogen-bond donors (Lipinski definition) is 4. The van der Waals surface area contributed by atoms with Crippen molar-refractivity contribution in [1.29, 1.82) is 0 Å². The van der Waals surface area contributed by atoms with Crippen LogP contribution in [0.5, 0.6) is 0 Å². The third kappa shape index (κ3) is 5.45. The highest BCUT2D eigenvalue weighted by Gasteiger charge is 2.14. The van der Waals surface area contributed by atoms with E-state index in [-0.39, 0.29) is 18.0 Å². The number of carboxylic acid groups (broad SMARTS) is 1. The van der Waals surface area contributed by atoms with Gasteiger partial charge in [-0.25, -0.2) is 4.79 Å². The van der Waals surface area contributed by atoms with Gasteiger partial charge in [-0.2, -0.15) is 5.10 Å². The van der Waals surface area contributed by atoms with Crippen LogP contribution in [0.25, 0.3) is 0 Å². The monoisotopic (exact) mass is 296 g/mol. The molecule has 0 spiro atoms. The van der Waals surface area contributed by atoms with E-state index in [0.29, 0.717) is 12.1 Å². The van der Waals surface area contributed by atoms with E-state index >= 15 is 0 Å². The number of rotatable bonds is 7. The molecule has 118 valence electrons. The number of hydrogen-bond acceptors (Lipinski definition) is 3. The van der Waals surface area contributed by atoms with E-state index in [9.17, 15) is 9.59 Å². The zero-order valence-corrected chi connectivity index (χ0v) is 13.0. The van der Waals surface area contributed by atoms with E-state index in [4.69, 9.17) is 5.11 Å². The van der Waals surface area contributed by atoms with Crippen LogP contribution in [0.15, 0.2) is 0 Å². The summed E-state index contributed by atoms with van der Waals surface area (Å²) < 4.78 is 0. The largest absolute Gasteiger partial charge is 0.481 e. The predicted octanol–water partition coefficient (Wildman–Crippen LogP) is 2.43. The van der Waals surface area contributed by atoms with Gasteiger partial charge in [0.15, 0.2) is 0 Å². The summed E-state index contributed by atoms with van der Waals surface area (Å²) in [6.45, 7) is 7.25. The number of nitrogens with zero attached hydrogens (tertiary/aromatic N) is 1. The lowest BCUT2D eigenvalue weighted by atomic mass is 10.0. The van der Waals surface area contributed by atoms with Gasteiger partial charge in [-0.3, -0.25) is 9.89 Å². The molecule has 2 amide bonds. The lowest BCUT2D eigenvalue weighted by molar-refractivity contribution is -0.141. The zero-order chi connectivity index (χ0) is 16.0. The summed E-state index contributed by atoms with van der Waals surface area (Å²) in [6, 6.07) is -0.292. The predicted molar refractivity (Wildman–Crippen MR) is 80.3 cm³/mol. The van der Waals surface area contributed by atoms with Crippen LogP contribution in [-0.4, -0.2) is 33.3 Å². The van der Waals surface area contributed by atoms with Crippen molar-refractivity contribution in [3.8, 4) is 0 Å². The Kier molecular flexibility index (Phi) is 6.20. The molecule has 2 unspecified atom stereocenters. The molecule has 7 heteroatoms. The average molecular weight is 296 g/mol. The number of aliphatic carboxylic acids is 1. The smallest absolute Gasteiger partial charge is 0.319 e. The summed E-state index contributed by atoms with van der Waals surface area (Å²) in [6.07, 6.45) is 2.12. The van der Waals surface area contributed by atoms with Gasteiger partial charge in [0.05, 0.1) is 23.0 Å². The Labute approximate surface area is 124 Å². The Hall–Kier alpha value is -2.05. The average Bonchev–Trinajstić information content (AvgIpc) is 2.70. The zero-order valence-electron chi connectivity index (χ0n) is 13.0. The van der Waals surface area contributed by atoms with Gasteiger partial charge >= 0.3 is 12.0 Å². The summed E-state index contributed by atoms with van der Waals surface area (Å²) in [5.74, 6) is -1.12. The minimum Gasteiger partial charge on any atom is -0.481 e. The van der Waals surface area contributed by atoms with Crippen molar-refractivity contribution in [3.05, 3.63) is 11.4 Å². The maximum absolute atomic E-state index is 11.9. The van der Waals surface area contributed by atoms with E-state index in [1.165, 1.54) is 0 Å². The molecule has 1 aromatic heterocycles. The molecule has 0 saturated heterocycles. The number of aromatic nitrogens is 2. The normalized spacial score (nSPS) is 13.5. The van der Waals surface area contributed by atoms with Crippen molar-refractivity contribution in [2.75, 3.05) is 5.32 Å². The topological polar surface area (TPSA) is 107 Å². The number of H-pyrrole nitrogens is 1. The molecule has 0 aromatic carbocycles. The molecule has 7 nitrogen and oxygen atoms in total. The molecule has 0 aliphatic rings. The van der Waals surface area contributed by atoms with E-state index in [0.717, 1.165) is 24.2 Å². The SMILES string of the molecule is Cc1n[nH]c(C)c1NC(=O)NC(C)CCCC(C)C(=O)O. The lowest BCUT2D eigenvalue weighted by Gasteiger charge is -2.15. The summed E-state index contributed by atoms with van der Waals surface area (Å²) in [5, 5.41) is 21.2. The molecule has 0 fully saturated rings. The highest BCUT2D eigenvalue weighted by Crippen LogP contribution is 2.16. The van der Waals surface area contributed by atoms with Gasteiger partial charge < -0.3 is 15.7 Å². The number of carbonyl (C=O) groups excluding carboxylic acids is 1. The Morgan fingerprint density at radius 2 is 1.95 bits per heavy atom. The van der Waals surface area contributed by atoms with Gasteiger partial charge in [0.2, 0.25) is 0 Å². The van der Waals surface area contributed by atoms with E-state index in [2.05, 4.69) is 20.8 Å².